The molecule has 5 rings (SSSR count). The zero-order chi connectivity index (χ0) is 20.0. The zero-order valence-corrected chi connectivity index (χ0v) is 15.9. The summed E-state index contributed by atoms with van der Waals surface area (Å²) < 4.78 is 5.63. The number of carbonyl (C=O) groups is 2. The standard InChI is InChI=1S/C23H20N2O4/c1-2-15-10-12-16(13-11-15)24-22(26)19-20(18-9-6-14-28-18)25(29-21(19)23(24)27)17-7-4-3-5-8-17/h3-14,19-21H,2H2,1H3/t19-,20-,21+/m0/s1. The van der Waals surface area contributed by atoms with Gasteiger partial charge in [-0.05, 0) is 48.4 Å². The SMILES string of the molecule is CCc1ccc(N2C(=O)[C@@H]3[C@@H](ON(c4ccccc4)[C@H]3c3ccco3)C2=O)cc1. The van der Waals surface area contributed by atoms with E-state index in [1.54, 1.807) is 17.4 Å². The normalized spacial score (nSPS) is 23.7. The maximum absolute atomic E-state index is 13.4. The van der Waals surface area contributed by atoms with Crippen LogP contribution in [0.5, 0.6) is 0 Å². The Morgan fingerprint density at radius 1 is 0.862 bits per heavy atom. The molecule has 2 amide bonds. The molecule has 3 atom stereocenters. The van der Waals surface area contributed by atoms with Crippen LogP contribution in [-0.2, 0) is 20.8 Å². The topological polar surface area (TPSA) is 63.0 Å². The summed E-state index contributed by atoms with van der Waals surface area (Å²) in [7, 11) is 0. The second-order valence-electron chi connectivity index (χ2n) is 7.21. The molecule has 2 aliphatic heterocycles. The summed E-state index contributed by atoms with van der Waals surface area (Å²) in [6.45, 7) is 2.06. The first-order valence-corrected chi connectivity index (χ1v) is 9.70. The summed E-state index contributed by atoms with van der Waals surface area (Å²) in [5.74, 6) is -0.714. The third-order valence-electron chi connectivity index (χ3n) is 5.56. The molecule has 6 nitrogen and oxygen atoms in total. The number of anilines is 2. The first-order valence-electron chi connectivity index (χ1n) is 9.70. The van der Waals surface area contributed by atoms with Gasteiger partial charge in [-0.1, -0.05) is 37.3 Å². The quantitative estimate of drug-likeness (QED) is 0.635. The van der Waals surface area contributed by atoms with Crippen LogP contribution in [0.15, 0.2) is 77.4 Å². The van der Waals surface area contributed by atoms with Crippen LogP contribution in [0.4, 0.5) is 11.4 Å². The van der Waals surface area contributed by atoms with Gasteiger partial charge in [0.25, 0.3) is 5.91 Å². The Bertz CT molecular complexity index is 1030. The van der Waals surface area contributed by atoms with Crippen LogP contribution in [0.25, 0.3) is 0 Å². The molecule has 1 aromatic heterocycles. The van der Waals surface area contributed by atoms with E-state index in [9.17, 15) is 9.59 Å². The predicted octanol–water partition coefficient (Wildman–Crippen LogP) is 3.89. The van der Waals surface area contributed by atoms with Crippen molar-refractivity contribution >= 4 is 23.2 Å². The number of fused-ring (bicyclic) bond motifs is 1. The Balaban J connectivity index is 1.54. The van der Waals surface area contributed by atoms with Crippen LogP contribution in [0.3, 0.4) is 0 Å². The lowest BCUT2D eigenvalue weighted by molar-refractivity contribution is -0.126. The Kier molecular flexibility index (Phi) is 4.21. The number of amides is 2. The van der Waals surface area contributed by atoms with Gasteiger partial charge in [0, 0.05) is 0 Å². The molecule has 6 heteroatoms. The molecule has 2 aliphatic rings. The van der Waals surface area contributed by atoms with Crippen LogP contribution in [0.1, 0.15) is 24.3 Å². The van der Waals surface area contributed by atoms with Gasteiger partial charge in [0.15, 0.2) is 6.10 Å². The van der Waals surface area contributed by atoms with E-state index in [-0.39, 0.29) is 11.8 Å². The van der Waals surface area contributed by atoms with Crippen LogP contribution >= 0.6 is 0 Å². The van der Waals surface area contributed by atoms with Crippen molar-refractivity contribution in [3.05, 3.63) is 84.3 Å². The number of hydrogen-bond acceptors (Lipinski definition) is 5. The third-order valence-corrected chi connectivity index (χ3v) is 5.56. The lowest BCUT2D eigenvalue weighted by Gasteiger charge is -2.27. The first kappa shape index (κ1) is 17.7. The van der Waals surface area contributed by atoms with Crippen LogP contribution < -0.4 is 9.96 Å². The summed E-state index contributed by atoms with van der Waals surface area (Å²) >= 11 is 0. The maximum atomic E-state index is 13.4. The van der Waals surface area contributed by atoms with E-state index < -0.39 is 18.1 Å². The number of furan rings is 1. The summed E-state index contributed by atoms with van der Waals surface area (Å²) in [5.41, 5.74) is 2.48. The first-order chi connectivity index (χ1) is 14.2. The molecule has 0 aliphatic carbocycles. The number of para-hydroxylation sites is 1. The summed E-state index contributed by atoms with van der Waals surface area (Å²) in [4.78, 5) is 33.9. The molecule has 0 N–H and O–H groups in total. The fourth-order valence-corrected chi connectivity index (χ4v) is 4.10. The highest BCUT2D eigenvalue weighted by atomic mass is 16.7. The maximum Gasteiger partial charge on any atom is 0.266 e. The number of hydrogen-bond donors (Lipinski definition) is 0. The predicted molar refractivity (Wildman–Crippen MR) is 107 cm³/mol. The molecule has 0 spiro atoms. The molecule has 146 valence electrons. The van der Waals surface area contributed by atoms with Crippen molar-refractivity contribution in [2.75, 3.05) is 9.96 Å². The molecule has 0 saturated carbocycles. The van der Waals surface area contributed by atoms with Gasteiger partial charge < -0.3 is 4.42 Å². The van der Waals surface area contributed by atoms with E-state index in [2.05, 4.69) is 6.92 Å². The van der Waals surface area contributed by atoms with Crippen LogP contribution in [-0.4, -0.2) is 17.9 Å². The fourth-order valence-electron chi connectivity index (χ4n) is 4.10. The Morgan fingerprint density at radius 2 is 1.62 bits per heavy atom. The van der Waals surface area contributed by atoms with Crippen molar-refractivity contribution in [1.29, 1.82) is 0 Å². The number of hydroxylamine groups is 1. The smallest absolute Gasteiger partial charge is 0.266 e. The molecule has 2 saturated heterocycles. The monoisotopic (exact) mass is 388 g/mol. The highest BCUT2D eigenvalue weighted by molar-refractivity contribution is 6.23. The molecule has 2 fully saturated rings. The molecular weight excluding hydrogens is 368 g/mol. The lowest BCUT2D eigenvalue weighted by atomic mass is 9.94. The number of benzene rings is 2. The van der Waals surface area contributed by atoms with Gasteiger partial charge in [0.05, 0.1) is 17.6 Å². The molecule has 3 aromatic rings. The minimum atomic E-state index is -0.886. The van der Waals surface area contributed by atoms with Gasteiger partial charge in [-0.25, -0.2) is 9.96 Å². The van der Waals surface area contributed by atoms with Gasteiger partial charge in [0.1, 0.15) is 17.7 Å². The van der Waals surface area contributed by atoms with Gasteiger partial charge in [0.2, 0.25) is 5.91 Å². The van der Waals surface area contributed by atoms with Gasteiger partial charge in [-0.15, -0.1) is 0 Å². The second-order valence-corrected chi connectivity index (χ2v) is 7.21. The molecular formula is C23H20N2O4. The van der Waals surface area contributed by atoms with Crippen molar-refractivity contribution < 1.29 is 18.8 Å². The molecule has 0 radical (unpaired) electrons. The van der Waals surface area contributed by atoms with Crippen molar-refractivity contribution in [2.45, 2.75) is 25.5 Å². The summed E-state index contributed by atoms with van der Waals surface area (Å²) in [6.07, 6.45) is 1.57. The van der Waals surface area contributed by atoms with Crippen molar-refractivity contribution in [2.24, 2.45) is 5.92 Å². The van der Waals surface area contributed by atoms with Crippen molar-refractivity contribution in [3.63, 3.8) is 0 Å². The number of nitrogens with zero attached hydrogens (tertiary/aromatic N) is 2. The minimum absolute atomic E-state index is 0.274. The van der Waals surface area contributed by atoms with E-state index >= 15 is 0 Å². The Labute approximate surface area is 168 Å². The number of imide groups is 1. The Hall–Kier alpha value is -3.38. The average Bonchev–Trinajstić information content (AvgIpc) is 3.47. The molecule has 0 unspecified atom stereocenters. The van der Waals surface area contributed by atoms with Crippen LogP contribution in [0.2, 0.25) is 0 Å². The van der Waals surface area contributed by atoms with E-state index in [4.69, 9.17) is 9.25 Å². The molecule has 0 bridgehead atoms. The van der Waals surface area contributed by atoms with E-state index in [0.29, 0.717) is 11.4 Å². The lowest BCUT2D eigenvalue weighted by Crippen LogP contribution is -2.37. The Morgan fingerprint density at radius 3 is 2.28 bits per heavy atom. The number of carbonyl (C=O) groups excluding carboxylic acids is 2. The molecule has 29 heavy (non-hydrogen) atoms. The fraction of sp³-hybridized carbons (Fsp3) is 0.217. The van der Waals surface area contributed by atoms with E-state index in [1.807, 2.05) is 60.7 Å². The van der Waals surface area contributed by atoms with E-state index in [1.165, 1.54) is 4.90 Å². The highest BCUT2D eigenvalue weighted by Gasteiger charge is 2.61. The molecule has 3 heterocycles. The van der Waals surface area contributed by atoms with Gasteiger partial charge in [-0.2, -0.15) is 0 Å². The van der Waals surface area contributed by atoms with Crippen LogP contribution in [0, 0.1) is 5.92 Å². The largest absolute Gasteiger partial charge is 0.467 e. The zero-order valence-electron chi connectivity index (χ0n) is 15.9. The number of rotatable bonds is 4. The summed E-state index contributed by atoms with van der Waals surface area (Å²) in [6, 6.07) is 20.0. The second kappa shape index (κ2) is 6.90. The molecule has 2 aromatic carbocycles. The van der Waals surface area contributed by atoms with Gasteiger partial charge in [-0.3, -0.25) is 14.4 Å². The van der Waals surface area contributed by atoms with Gasteiger partial charge >= 0.3 is 0 Å². The highest BCUT2D eigenvalue weighted by Crippen LogP contribution is 2.47. The third kappa shape index (κ3) is 2.76. The van der Waals surface area contributed by atoms with Crippen molar-refractivity contribution in [1.82, 2.24) is 0 Å². The number of aryl methyl sites for hydroxylation is 1. The van der Waals surface area contributed by atoms with E-state index in [0.717, 1.165) is 17.7 Å². The average molecular weight is 388 g/mol. The van der Waals surface area contributed by atoms with Crippen molar-refractivity contribution in [3.8, 4) is 0 Å². The summed E-state index contributed by atoms with van der Waals surface area (Å²) in [5, 5.41) is 1.63. The minimum Gasteiger partial charge on any atom is -0.467 e.